The number of halogens is 2. The lowest BCUT2D eigenvalue weighted by Gasteiger charge is -2.16. The lowest BCUT2D eigenvalue weighted by molar-refractivity contribution is -0.142. The summed E-state index contributed by atoms with van der Waals surface area (Å²) in [5.41, 5.74) is 0.0647. The quantitative estimate of drug-likeness (QED) is 0.518. The Bertz CT molecular complexity index is 593. The Morgan fingerprint density at radius 1 is 1.29 bits per heavy atom. The standard InChI is InChI=1S/C17H23ClFNO3S/c1-5-11(6-2)16(21)20-14-9-15(12(18)8-13(14)19)24-10(4)17(22)23-7-3/h8-11H,5-7H2,1-4H3,(H,20,21). The summed E-state index contributed by atoms with van der Waals surface area (Å²) in [5, 5.41) is 2.30. The van der Waals surface area contributed by atoms with Crippen molar-refractivity contribution in [2.75, 3.05) is 11.9 Å². The highest BCUT2D eigenvalue weighted by molar-refractivity contribution is 8.00. The number of amides is 1. The highest BCUT2D eigenvalue weighted by Crippen LogP contribution is 2.35. The number of hydrogen-bond acceptors (Lipinski definition) is 4. The molecule has 0 aliphatic rings. The van der Waals surface area contributed by atoms with E-state index in [0.29, 0.717) is 17.7 Å². The average Bonchev–Trinajstić information content (AvgIpc) is 2.53. The molecule has 0 aliphatic heterocycles. The van der Waals surface area contributed by atoms with E-state index < -0.39 is 11.1 Å². The van der Waals surface area contributed by atoms with E-state index in [0.717, 1.165) is 17.8 Å². The van der Waals surface area contributed by atoms with Crippen LogP contribution in [0.3, 0.4) is 0 Å². The molecule has 7 heteroatoms. The molecule has 134 valence electrons. The van der Waals surface area contributed by atoms with Gasteiger partial charge < -0.3 is 10.1 Å². The van der Waals surface area contributed by atoms with Gasteiger partial charge in [-0.25, -0.2) is 4.39 Å². The minimum atomic E-state index is -0.604. The Balaban J connectivity index is 2.96. The molecule has 0 spiro atoms. The fraction of sp³-hybridized carbons (Fsp3) is 0.529. The molecule has 0 aromatic heterocycles. The van der Waals surface area contributed by atoms with Crippen molar-refractivity contribution in [3.8, 4) is 0 Å². The maximum absolute atomic E-state index is 14.1. The number of carbonyl (C=O) groups excluding carboxylic acids is 2. The minimum Gasteiger partial charge on any atom is -0.465 e. The predicted molar refractivity (Wildman–Crippen MR) is 96.1 cm³/mol. The highest BCUT2D eigenvalue weighted by Gasteiger charge is 2.20. The molecule has 4 nitrogen and oxygen atoms in total. The lowest BCUT2D eigenvalue weighted by atomic mass is 10.0. The number of benzene rings is 1. The summed E-state index contributed by atoms with van der Waals surface area (Å²) in [5.74, 6) is -1.37. The second-order valence-corrected chi connectivity index (χ2v) is 7.07. The highest BCUT2D eigenvalue weighted by atomic mass is 35.5. The van der Waals surface area contributed by atoms with Crippen LogP contribution in [0.5, 0.6) is 0 Å². The predicted octanol–water partition coefficient (Wildman–Crippen LogP) is 4.90. The van der Waals surface area contributed by atoms with Crippen molar-refractivity contribution in [3.05, 3.63) is 23.0 Å². The second-order valence-electron chi connectivity index (χ2n) is 5.28. The van der Waals surface area contributed by atoms with E-state index in [9.17, 15) is 14.0 Å². The molecular weight excluding hydrogens is 353 g/mol. The van der Waals surface area contributed by atoms with Gasteiger partial charge in [-0.3, -0.25) is 9.59 Å². The van der Waals surface area contributed by atoms with Gasteiger partial charge in [0.1, 0.15) is 11.1 Å². The van der Waals surface area contributed by atoms with Crippen LogP contribution in [0, 0.1) is 11.7 Å². The third-order valence-corrected chi connectivity index (χ3v) is 5.12. The summed E-state index contributed by atoms with van der Waals surface area (Å²) in [6, 6.07) is 2.60. The van der Waals surface area contributed by atoms with Crippen LogP contribution in [0.2, 0.25) is 5.02 Å². The van der Waals surface area contributed by atoms with E-state index in [1.54, 1.807) is 13.8 Å². The van der Waals surface area contributed by atoms with Crippen LogP contribution in [0.4, 0.5) is 10.1 Å². The van der Waals surface area contributed by atoms with Crippen molar-refractivity contribution in [1.29, 1.82) is 0 Å². The number of nitrogens with one attached hydrogen (secondary N) is 1. The van der Waals surface area contributed by atoms with E-state index in [2.05, 4.69) is 5.32 Å². The van der Waals surface area contributed by atoms with Crippen molar-refractivity contribution < 1.29 is 18.7 Å². The number of anilines is 1. The normalized spacial score (nSPS) is 12.1. The summed E-state index contributed by atoms with van der Waals surface area (Å²) in [4.78, 5) is 24.4. The van der Waals surface area contributed by atoms with Crippen molar-refractivity contribution in [3.63, 3.8) is 0 Å². The van der Waals surface area contributed by atoms with E-state index in [-0.39, 0.29) is 35.1 Å². The van der Waals surface area contributed by atoms with Gasteiger partial charge in [0.25, 0.3) is 0 Å². The summed E-state index contributed by atoms with van der Waals surface area (Å²) < 4.78 is 19.0. The molecule has 0 bridgehead atoms. The summed E-state index contributed by atoms with van der Waals surface area (Å²) in [6.07, 6.45) is 1.36. The monoisotopic (exact) mass is 375 g/mol. The average molecular weight is 376 g/mol. The van der Waals surface area contributed by atoms with Crippen molar-refractivity contribution in [2.24, 2.45) is 5.92 Å². The molecule has 0 fully saturated rings. The number of ether oxygens (including phenoxy) is 1. The first-order valence-corrected chi connectivity index (χ1v) is 9.22. The fourth-order valence-corrected chi connectivity index (χ4v) is 3.29. The van der Waals surface area contributed by atoms with Gasteiger partial charge in [0.15, 0.2) is 0 Å². The zero-order valence-corrected chi connectivity index (χ0v) is 15.9. The van der Waals surface area contributed by atoms with Gasteiger partial charge in [0, 0.05) is 10.8 Å². The van der Waals surface area contributed by atoms with Gasteiger partial charge >= 0.3 is 5.97 Å². The van der Waals surface area contributed by atoms with Gasteiger partial charge in [0.2, 0.25) is 5.91 Å². The molecule has 0 aliphatic carbocycles. The Kier molecular flexibility index (Phi) is 8.56. The van der Waals surface area contributed by atoms with Gasteiger partial charge in [-0.05, 0) is 38.8 Å². The molecule has 24 heavy (non-hydrogen) atoms. The van der Waals surface area contributed by atoms with Crippen LogP contribution in [-0.4, -0.2) is 23.7 Å². The molecule has 1 aromatic rings. The molecule has 0 radical (unpaired) electrons. The van der Waals surface area contributed by atoms with Gasteiger partial charge in [-0.1, -0.05) is 25.4 Å². The minimum absolute atomic E-state index is 0.0647. The zero-order valence-electron chi connectivity index (χ0n) is 14.3. The molecule has 1 aromatic carbocycles. The van der Waals surface area contributed by atoms with Crippen molar-refractivity contribution in [2.45, 2.75) is 50.7 Å². The zero-order chi connectivity index (χ0) is 18.3. The third kappa shape index (κ3) is 5.67. The Morgan fingerprint density at radius 2 is 1.92 bits per heavy atom. The molecule has 1 atom stereocenters. The molecule has 1 amide bonds. The number of carbonyl (C=O) groups is 2. The maximum Gasteiger partial charge on any atom is 0.319 e. The number of esters is 1. The Hall–Kier alpha value is -1.27. The van der Waals surface area contributed by atoms with Crippen LogP contribution in [0.25, 0.3) is 0 Å². The lowest BCUT2D eigenvalue weighted by Crippen LogP contribution is -2.22. The second kappa shape index (κ2) is 9.89. The molecule has 1 unspecified atom stereocenters. The first-order chi connectivity index (χ1) is 11.3. The number of rotatable bonds is 8. The van der Waals surface area contributed by atoms with Crippen LogP contribution in [0.1, 0.15) is 40.5 Å². The van der Waals surface area contributed by atoms with Crippen LogP contribution in [0.15, 0.2) is 17.0 Å². The third-order valence-electron chi connectivity index (χ3n) is 3.56. The SMILES string of the molecule is CCOC(=O)C(C)Sc1cc(NC(=O)C(CC)CC)c(F)cc1Cl. The number of thioether (sulfide) groups is 1. The summed E-state index contributed by atoms with van der Waals surface area (Å²) in [7, 11) is 0. The number of hydrogen-bond donors (Lipinski definition) is 1. The molecule has 0 saturated heterocycles. The molecular formula is C17H23ClFNO3S. The van der Waals surface area contributed by atoms with E-state index in [1.807, 2.05) is 13.8 Å². The van der Waals surface area contributed by atoms with E-state index in [1.165, 1.54) is 6.07 Å². The van der Waals surface area contributed by atoms with Gasteiger partial charge in [-0.2, -0.15) is 0 Å². The Labute approximate surface area is 151 Å². The van der Waals surface area contributed by atoms with Crippen LogP contribution >= 0.6 is 23.4 Å². The first kappa shape index (κ1) is 20.8. The van der Waals surface area contributed by atoms with Gasteiger partial charge in [-0.15, -0.1) is 11.8 Å². The maximum atomic E-state index is 14.1. The topological polar surface area (TPSA) is 55.4 Å². The fourth-order valence-electron chi connectivity index (χ4n) is 2.11. The summed E-state index contributed by atoms with van der Waals surface area (Å²) in [6.45, 7) is 7.52. The molecule has 1 N–H and O–H groups in total. The van der Waals surface area contributed by atoms with Crippen molar-refractivity contribution >= 4 is 40.9 Å². The van der Waals surface area contributed by atoms with E-state index >= 15 is 0 Å². The first-order valence-electron chi connectivity index (χ1n) is 7.97. The molecule has 0 saturated carbocycles. The molecule has 1 rings (SSSR count). The smallest absolute Gasteiger partial charge is 0.319 e. The van der Waals surface area contributed by atoms with E-state index in [4.69, 9.17) is 16.3 Å². The Morgan fingerprint density at radius 3 is 2.46 bits per heavy atom. The molecule has 0 heterocycles. The van der Waals surface area contributed by atoms with Crippen LogP contribution in [-0.2, 0) is 14.3 Å². The van der Waals surface area contributed by atoms with Crippen LogP contribution < -0.4 is 5.32 Å². The largest absolute Gasteiger partial charge is 0.465 e. The summed E-state index contributed by atoms with van der Waals surface area (Å²) >= 11 is 7.22. The van der Waals surface area contributed by atoms with Gasteiger partial charge in [0.05, 0.1) is 17.3 Å². The van der Waals surface area contributed by atoms with Crippen molar-refractivity contribution in [1.82, 2.24) is 0 Å².